The Morgan fingerprint density at radius 3 is 2.27 bits per heavy atom. The lowest BCUT2D eigenvalue weighted by atomic mass is 9.98. The molecular weight excluding hydrogens is 442 g/mol. The van der Waals surface area contributed by atoms with Crippen LogP contribution in [0, 0.1) is 19.8 Å². The molecule has 0 spiro atoms. The van der Waals surface area contributed by atoms with Crippen molar-refractivity contribution in [2.24, 2.45) is 5.92 Å². The fraction of sp³-hybridized carbons (Fsp3) is 0.783. The van der Waals surface area contributed by atoms with E-state index in [0.717, 1.165) is 38.8 Å². The van der Waals surface area contributed by atoms with Gasteiger partial charge in [-0.1, -0.05) is 12.8 Å². The first-order valence-electron chi connectivity index (χ1n) is 12.0. The van der Waals surface area contributed by atoms with Crippen LogP contribution in [0.25, 0.3) is 0 Å². The highest BCUT2D eigenvalue weighted by Crippen LogP contribution is 2.29. The summed E-state index contributed by atoms with van der Waals surface area (Å²) in [7, 11) is -3.83. The summed E-state index contributed by atoms with van der Waals surface area (Å²) in [4.78, 5) is 27.6. The van der Waals surface area contributed by atoms with Gasteiger partial charge in [0.15, 0.2) is 0 Å². The van der Waals surface area contributed by atoms with E-state index in [1.807, 2.05) is 25.7 Å². The van der Waals surface area contributed by atoms with Crippen molar-refractivity contribution >= 4 is 21.8 Å². The zero-order valence-electron chi connectivity index (χ0n) is 20.7. The molecule has 3 rings (SSSR count). The molecule has 0 aliphatic carbocycles. The molecule has 0 saturated carbocycles. The zero-order valence-corrected chi connectivity index (χ0v) is 21.5. The molecule has 2 aliphatic heterocycles. The van der Waals surface area contributed by atoms with E-state index in [4.69, 9.17) is 0 Å². The van der Waals surface area contributed by atoms with Gasteiger partial charge in [-0.3, -0.25) is 14.3 Å². The average Bonchev–Trinajstić information content (AvgIpc) is 2.90. The second-order valence-corrected chi connectivity index (χ2v) is 12.3. The Morgan fingerprint density at radius 1 is 1.03 bits per heavy atom. The molecule has 3 heterocycles. The normalized spacial score (nSPS) is 21.0. The topological polar surface area (TPSA) is 105 Å². The van der Waals surface area contributed by atoms with Crippen LogP contribution in [0.5, 0.6) is 0 Å². The standard InChI is InChI=1S/C23H39N5O4S/c1-17-21(18(2)28(25-17)16-20(29)24-23(3,4)5)33(31,32)27-14-10-11-19(15-27)22(30)26-12-8-6-7-9-13-26/h19H,6-16H2,1-5H3,(H,24,29). The summed E-state index contributed by atoms with van der Waals surface area (Å²) in [5.74, 6) is -0.447. The molecule has 1 atom stereocenters. The number of piperidine rings is 1. The van der Waals surface area contributed by atoms with E-state index in [9.17, 15) is 18.0 Å². The van der Waals surface area contributed by atoms with Crippen LogP contribution in [0.4, 0.5) is 0 Å². The van der Waals surface area contributed by atoms with Crippen molar-refractivity contribution in [1.29, 1.82) is 0 Å². The Hall–Kier alpha value is -1.94. The number of aryl methyl sites for hydroxylation is 1. The van der Waals surface area contributed by atoms with Crippen molar-refractivity contribution in [2.45, 2.75) is 90.1 Å². The van der Waals surface area contributed by atoms with Gasteiger partial charge in [0.25, 0.3) is 0 Å². The number of carbonyl (C=O) groups excluding carboxylic acids is 2. The van der Waals surface area contributed by atoms with Gasteiger partial charge >= 0.3 is 0 Å². The maximum absolute atomic E-state index is 13.6. The van der Waals surface area contributed by atoms with E-state index >= 15 is 0 Å². The molecule has 186 valence electrons. The molecule has 1 aromatic heterocycles. The molecule has 2 saturated heterocycles. The molecule has 10 heteroatoms. The summed E-state index contributed by atoms with van der Waals surface area (Å²) >= 11 is 0. The van der Waals surface area contributed by atoms with E-state index < -0.39 is 10.0 Å². The van der Waals surface area contributed by atoms with Crippen molar-refractivity contribution in [3.05, 3.63) is 11.4 Å². The van der Waals surface area contributed by atoms with E-state index in [1.165, 1.54) is 8.99 Å². The Bertz CT molecular complexity index is 972. The molecule has 0 aromatic carbocycles. The van der Waals surface area contributed by atoms with Crippen LogP contribution in [-0.2, 0) is 26.2 Å². The van der Waals surface area contributed by atoms with Crippen LogP contribution in [0.15, 0.2) is 4.90 Å². The minimum Gasteiger partial charge on any atom is -0.350 e. The number of nitrogens with one attached hydrogen (secondary N) is 1. The highest BCUT2D eigenvalue weighted by atomic mass is 32.2. The second kappa shape index (κ2) is 10.1. The van der Waals surface area contributed by atoms with Crippen LogP contribution in [0.2, 0.25) is 0 Å². The smallest absolute Gasteiger partial charge is 0.246 e. The average molecular weight is 482 g/mol. The highest BCUT2D eigenvalue weighted by molar-refractivity contribution is 7.89. The number of rotatable bonds is 5. The van der Waals surface area contributed by atoms with Gasteiger partial charge in [0.2, 0.25) is 21.8 Å². The first-order valence-corrected chi connectivity index (χ1v) is 13.5. The van der Waals surface area contributed by atoms with Crippen LogP contribution in [0.3, 0.4) is 0 Å². The number of hydrogen-bond acceptors (Lipinski definition) is 5. The van der Waals surface area contributed by atoms with Crippen LogP contribution in [0.1, 0.15) is 70.7 Å². The van der Waals surface area contributed by atoms with Crippen LogP contribution < -0.4 is 5.32 Å². The Kier molecular flexibility index (Phi) is 7.88. The third-order valence-corrected chi connectivity index (χ3v) is 8.49. The summed E-state index contributed by atoms with van der Waals surface area (Å²) in [5.41, 5.74) is 0.430. The molecule has 2 aliphatic rings. The number of nitrogens with zero attached hydrogens (tertiary/aromatic N) is 4. The summed E-state index contributed by atoms with van der Waals surface area (Å²) in [5, 5.41) is 7.23. The monoisotopic (exact) mass is 481 g/mol. The molecule has 2 amide bonds. The molecule has 9 nitrogen and oxygen atoms in total. The predicted molar refractivity (Wildman–Crippen MR) is 126 cm³/mol. The van der Waals surface area contributed by atoms with E-state index in [0.29, 0.717) is 30.8 Å². The largest absolute Gasteiger partial charge is 0.350 e. The fourth-order valence-corrected chi connectivity index (χ4v) is 6.74. The van der Waals surface area contributed by atoms with Crippen LogP contribution in [-0.4, -0.2) is 70.9 Å². The van der Waals surface area contributed by atoms with E-state index in [1.54, 1.807) is 13.8 Å². The molecule has 1 aromatic rings. The van der Waals surface area contributed by atoms with Gasteiger partial charge in [-0.15, -0.1) is 0 Å². The number of carbonyl (C=O) groups is 2. The summed E-state index contributed by atoms with van der Waals surface area (Å²) < 4.78 is 30.1. The molecule has 0 bridgehead atoms. The second-order valence-electron chi connectivity index (χ2n) is 10.4. The Morgan fingerprint density at radius 2 is 1.67 bits per heavy atom. The quantitative estimate of drug-likeness (QED) is 0.694. The summed E-state index contributed by atoms with van der Waals surface area (Å²) in [6, 6.07) is 0. The number of hydrogen-bond donors (Lipinski definition) is 1. The van der Waals surface area contributed by atoms with Gasteiger partial charge in [0.05, 0.1) is 17.3 Å². The third kappa shape index (κ3) is 6.15. The maximum Gasteiger partial charge on any atom is 0.246 e. The van der Waals surface area contributed by atoms with Crippen molar-refractivity contribution in [3.63, 3.8) is 0 Å². The molecular formula is C23H39N5O4S. The molecule has 1 N–H and O–H groups in total. The minimum absolute atomic E-state index is 0.0461. The van der Waals surface area contributed by atoms with Crippen molar-refractivity contribution < 1.29 is 18.0 Å². The lowest BCUT2D eigenvalue weighted by Crippen LogP contribution is -2.47. The predicted octanol–water partition coefficient (Wildman–Crippen LogP) is 2.22. The summed E-state index contributed by atoms with van der Waals surface area (Å²) in [6.07, 6.45) is 5.69. The van der Waals surface area contributed by atoms with Crippen LogP contribution >= 0.6 is 0 Å². The van der Waals surface area contributed by atoms with Gasteiger partial charge in [-0.25, -0.2) is 8.42 Å². The Labute approximate surface area is 197 Å². The van der Waals surface area contributed by atoms with Crippen molar-refractivity contribution in [1.82, 2.24) is 24.3 Å². The lowest BCUT2D eigenvalue weighted by Gasteiger charge is -2.34. The first-order chi connectivity index (χ1) is 15.4. The van der Waals surface area contributed by atoms with E-state index in [2.05, 4.69) is 10.4 Å². The van der Waals surface area contributed by atoms with E-state index in [-0.39, 0.29) is 41.3 Å². The van der Waals surface area contributed by atoms with Gasteiger partial charge in [-0.05, 0) is 60.3 Å². The number of aromatic nitrogens is 2. The molecule has 0 radical (unpaired) electrons. The Balaban J connectivity index is 1.77. The zero-order chi connectivity index (χ0) is 24.4. The van der Waals surface area contributed by atoms with Gasteiger partial charge in [-0.2, -0.15) is 9.40 Å². The van der Waals surface area contributed by atoms with Gasteiger partial charge in [0.1, 0.15) is 11.4 Å². The van der Waals surface area contributed by atoms with Crippen molar-refractivity contribution in [2.75, 3.05) is 26.2 Å². The molecule has 1 unspecified atom stereocenters. The number of amides is 2. The maximum atomic E-state index is 13.6. The summed E-state index contributed by atoms with van der Waals surface area (Å²) in [6.45, 7) is 11.1. The highest BCUT2D eigenvalue weighted by Gasteiger charge is 2.37. The fourth-order valence-electron chi connectivity index (χ4n) is 4.84. The minimum atomic E-state index is -3.83. The molecule has 33 heavy (non-hydrogen) atoms. The molecule has 2 fully saturated rings. The van der Waals surface area contributed by atoms with Crippen molar-refractivity contribution in [3.8, 4) is 0 Å². The lowest BCUT2D eigenvalue weighted by molar-refractivity contribution is -0.136. The van der Waals surface area contributed by atoms with Gasteiger partial charge in [0, 0.05) is 31.7 Å². The SMILES string of the molecule is Cc1nn(CC(=O)NC(C)(C)C)c(C)c1S(=O)(=O)N1CCCC(C(=O)N2CCCCCC2)C1. The first kappa shape index (κ1) is 25.7. The van der Waals surface area contributed by atoms with Gasteiger partial charge < -0.3 is 10.2 Å². The number of sulfonamides is 1. The third-order valence-electron chi connectivity index (χ3n) is 6.37. The number of likely N-dealkylation sites (tertiary alicyclic amines) is 1.